The molecule has 0 fully saturated rings. The first kappa shape index (κ1) is 22.1. The topological polar surface area (TPSA) is 74.1 Å². The standard InChI is InChI=1S/C20H22Cl2FN5O2/c1-3-8-28-20(25-26-27-28)24-11-13-9-18(29-4-2)19(10-16(13)22)30-12-14-15(21)6-5-7-17(14)23/h5-7,9-10H,3-4,8,11-12H2,1-2H3,(H,24,25,27). The summed E-state index contributed by atoms with van der Waals surface area (Å²) in [6.07, 6.45) is 0.910. The Bertz CT molecular complexity index is 979. The van der Waals surface area contributed by atoms with Gasteiger partial charge in [0, 0.05) is 29.7 Å². The molecule has 7 nitrogen and oxygen atoms in total. The molecule has 0 aliphatic carbocycles. The van der Waals surface area contributed by atoms with E-state index >= 15 is 0 Å². The van der Waals surface area contributed by atoms with E-state index in [1.165, 1.54) is 6.07 Å². The molecule has 0 spiro atoms. The van der Waals surface area contributed by atoms with Gasteiger partial charge in [-0.1, -0.05) is 41.3 Å². The van der Waals surface area contributed by atoms with Gasteiger partial charge in [0.25, 0.3) is 0 Å². The SMILES string of the molecule is CCCn1nnnc1NCc1cc(OCC)c(OCc2c(F)cccc2Cl)cc1Cl. The third-order valence-corrected chi connectivity index (χ3v) is 4.96. The van der Waals surface area contributed by atoms with Crippen molar-refractivity contribution in [2.45, 2.75) is 40.0 Å². The van der Waals surface area contributed by atoms with Crippen molar-refractivity contribution in [3.8, 4) is 11.5 Å². The summed E-state index contributed by atoms with van der Waals surface area (Å²) in [6, 6.07) is 7.92. The maximum absolute atomic E-state index is 14.0. The van der Waals surface area contributed by atoms with Gasteiger partial charge >= 0.3 is 0 Å². The van der Waals surface area contributed by atoms with Crippen molar-refractivity contribution >= 4 is 29.2 Å². The van der Waals surface area contributed by atoms with Gasteiger partial charge in [-0.2, -0.15) is 0 Å². The molecule has 3 rings (SSSR count). The molecule has 0 unspecified atom stereocenters. The molecule has 1 heterocycles. The zero-order valence-electron chi connectivity index (χ0n) is 16.7. The molecule has 0 saturated heterocycles. The second-order valence-electron chi connectivity index (χ2n) is 6.39. The Labute approximate surface area is 184 Å². The highest BCUT2D eigenvalue weighted by atomic mass is 35.5. The van der Waals surface area contributed by atoms with Crippen molar-refractivity contribution in [1.29, 1.82) is 0 Å². The first-order valence-corrected chi connectivity index (χ1v) is 10.3. The smallest absolute Gasteiger partial charge is 0.243 e. The van der Waals surface area contributed by atoms with Gasteiger partial charge in [-0.15, -0.1) is 0 Å². The van der Waals surface area contributed by atoms with Crippen LogP contribution in [0.15, 0.2) is 30.3 Å². The van der Waals surface area contributed by atoms with Gasteiger partial charge in [0.1, 0.15) is 12.4 Å². The number of hydrogen-bond acceptors (Lipinski definition) is 6. The van der Waals surface area contributed by atoms with E-state index in [4.69, 9.17) is 32.7 Å². The zero-order chi connectivity index (χ0) is 21.5. The molecule has 2 aromatic carbocycles. The predicted octanol–water partition coefficient (Wildman–Crippen LogP) is 5.12. The minimum Gasteiger partial charge on any atom is -0.490 e. The van der Waals surface area contributed by atoms with Crippen LogP contribution in [-0.4, -0.2) is 26.8 Å². The highest BCUT2D eigenvalue weighted by Crippen LogP contribution is 2.35. The van der Waals surface area contributed by atoms with Crippen LogP contribution in [0, 0.1) is 5.82 Å². The van der Waals surface area contributed by atoms with E-state index in [1.54, 1.807) is 28.9 Å². The van der Waals surface area contributed by atoms with E-state index in [0.29, 0.717) is 47.2 Å². The molecule has 0 bridgehead atoms. The summed E-state index contributed by atoms with van der Waals surface area (Å²) in [5, 5.41) is 15.5. The number of anilines is 1. The van der Waals surface area contributed by atoms with Crippen LogP contribution >= 0.6 is 23.2 Å². The van der Waals surface area contributed by atoms with E-state index in [2.05, 4.69) is 20.8 Å². The van der Waals surface area contributed by atoms with Gasteiger partial charge in [-0.3, -0.25) is 0 Å². The van der Waals surface area contributed by atoms with Crippen LogP contribution in [0.5, 0.6) is 11.5 Å². The molecule has 0 saturated carbocycles. The fourth-order valence-corrected chi connectivity index (χ4v) is 3.22. The lowest BCUT2D eigenvalue weighted by molar-refractivity contribution is 0.265. The summed E-state index contributed by atoms with van der Waals surface area (Å²) in [7, 11) is 0. The minimum atomic E-state index is -0.433. The van der Waals surface area contributed by atoms with E-state index in [1.807, 2.05) is 13.8 Å². The van der Waals surface area contributed by atoms with Crippen LogP contribution in [0.1, 0.15) is 31.4 Å². The van der Waals surface area contributed by atoms with Crippen LogP contribution < -0.4 is 14.8 Å². The first-order chi connectivity index (χ1) is 14.5. The lowest BCUT2D eigenvalue weighted by Gasteiger charge is -2.16. The number of benzene rings is 2. The summed E-state index contributed by atoms with van der Waals surface area (Å²) in [5.41, 5.74) is 1.05. The summed E-state index contributed by atoms with van der Waals surface area (Å²) < 4.78 is 27.2. The van der Waals surface area contributed by atoms with Crippen molar-refractivity contribution in [2.75, 3.05) is 11.9 Å². The Hall–Kier alpha value is -2.58. The molecule has 160 valence electrons. The summed E-state index contributed by atoms with van der Waals surface area (Å²) >= 11 is 12.5. The van der Waals surface area contributed by atoms with Crippen LogP contribution in [0.2, 0.25) is 10.0 Å². The second kappa shape index (κ2) is 10.4. The summed E-state index contributed by atoms with van der Waals surface area (Å²) in [6.45, 7) is 5.39. The van der Waals surface area contributed by atoms with Gasteiger partial charge in [0.05, 0.1) is 11.6 Å². The van der Waals surface area contributed by atoms with Gasteiger partial charge in [0.15, 0.2) is 11.5 Å². The number of halogens is 3. The molecule has 0 amide bonds. The fraction of sp³-hybridized carbons (Fsp3) is 0.350. The first-order valence-electron chi connectivity index (χ1n) is 9.54. The summed E-state index contributed by atoms with van der Waals surface area (Å²) in [5.74, 6) is 1.03. The van der Waals surface area contributed by atoms with Gasteiger partial charge in [-0.05, 0) is 47.5 Å². The van der Waals surface area contributed by atoms with E-state index in [0.717, 1.165) is 12.0 Å². The largest absolute Gasteiger partial charge is 0.490 e. The molecule has 1 N–H and O–H groups in total. The Morgan fingerprint density at radius 1 is 1.10 bits per heavy atom. The van der Waals surface area contributed by atoms with Crippen LogP contribution in [0.25, 0.3) is 0 Å². The van der Waals surface area contributed by atoms with Crippen molar-refractivity contribution in [3.63, 3.8) is 0 Å². The lowest BCUT2D eigenvalue weighted by Crippen LogP contribution is -2.09. The molecule has 1 aromatic heterocycles. The molecular weight excluding hydrogens is 432 g/mol. The number of aromatic nitrogens is 4. The third-order valence-electron chi connectivity index (χ3n) is 4.25. The Kier molecular flexibility index (Phi) is 7.70. The molecule has 0 atom stereocenters. The average Bonchev–Trinajstić information content (AvgIpc) is 3.16. The third kappa shape index (κ3) is 5.31. The Morgan fingerprint density at radius 3 is 2.63 bits per heavy atom. The molecule has 0 aliphatic heterocycles. The van der Waals surface area contributed by atoms with Crippen LogP contribution in [-0.2, 0) is 19.7 Å². The van der Waals surface area contributed by atoms with Crippen molar-refractivity contribution < 1.29 is 13.9 Å². The maximum atomic E-state index is 14.0. The molecule has 10 heteroatoms. The molecule has 30 heavy (non-hydrogen) atoms. The van der Waals surface area contributed by atoms with Crippen molar-refractivity contribution in [1.82, 2.24) is 20.2 Å². The van der Waals surface area contributed by atoms with Crippen molar-refractivity contribution in [3.05, 3.63) is 57.3 Å². The van der Waals surface area contributed by atoms with Gasteiger partial charge in [0.2, 0.25) is 5.95 Å². The monoisotopic (exact) mass is 453 g/mol. The van der Waals surface area contributed by atoms with Gasteiger partial charge in [-0.25, -0.2) is 9.07 Å². The summed E-state index contributed by atoms with van der Waals surface area (Å²) in [4.78, 5) is 0. The molecule has 0 radical (unpaired) electrons. The van der Waals surface area contributed by atoms with Crippen molar-refractivity contribution in [2.24, 2.45) is 0 Å². The lowest BCUT2D eigenvalue weighted by atomic mass is 10.2. The maximum Gasteiger partial charge on any atom is 0.243 e. The zero-order valence-corrected chi connectivity index (χ0v) is 18.2. The molecular formula is C20H22Cl2FN5O2. The van der Waals surface area contributed by atoms with E-state index in [-0.39, 0.29) is 12.2 Å². The van der Waals surface area contributed by atoms with Crippen LogP contribution in [0.3, 0.4) is 0 Å². The predicted molar refractivity (Wildman–Crippen MR) is 114 cm³/mol. The Balaban J connectivity index is 1.77. The number of nitrogens with zero attached hydrogens (tertiary/aromatic N) is 4. The number of hydrogen-bond donors (Lipinski definition) is 1. The fourth-order valence-electron chi connectivity index (χ4n) is 2.78. The Morgan fingerprint density at radius 2 is 1.90 bits per heavy atom. The van der Waals surface area contributed by atoms with E-state index < -0.39 is 5.82 Å². The quantitative estimate of drug-likeness (QED) is 0.459. The molecule has 3 aromatic rings. The average molecular weight is 454 g/mol. The number of tetrazole rings is 1. The number of nitrogens with one attached hydrogen (secondary N) is 1. The second-order valence-corrected chi connectivity index (χ2v) is 7.21. The normalized spacial score (nSPS) is 10.8. The number of ether oxygens (including phenoxy) is 2. The van der Waals surface area contributed by atoms with Gasteiger partial charge < -0.3 is 14.8 Å². The highest BCUT2D eigenvalue weighted by molar-refractivity contribution is 6.31. The van der Waals surface area contributed by atoms with E-state index in [9.17, 15) is 4.39 Å². The minimum absolute atomic E-state index is 0.0503. The highest BCUT2D eigenvalue weighted by Gasteiger charge is 2.15. The molecule has 0 aliphatic rings. The van der Waals surface area contributed by atoms with Crippen LogP contribution in [0.4, 0.5) is 10.3 Å². The number of rotatable bonds is 10. The number of aryl methyl sites for hydroxylation is 1.